The van der Waals surface area contributed by atoms with E-state index in [0.717, 1.165) is 28.0 Å². The first-order chi connectivity index (χ1) is 21.0. The zero-order valence-electron chi connectivity index (χ0n) is 22.5. The van der Waals surface area contributed by atoms with E-state index in [-0.39, 0.29) is 10.0 Å². The van der Waals surface area contributed by atoms with Crippen molar-refractivity contribution < 1.29 is 0 Å². The number of hydrogen-bond acceptors (Lipinski definition) is 8. The van der Waals surface area contributed by atoms with Crippen LogP contribution < -0.4 is 22.0 Å². The Balaban J connectivity index is 1.36. The number of hydrazone groups is 2. The van der Waals surface area contributed by atoms with Crippen LogP contribution in [-0.2, 0) is 6.42 Å². The predicted octanol–water partition coefficient (Wildman–Crippen LogP) is 5.75. The van der Waals surface area contributed by atoms with Gasteiger partial charge in [0.25, 0.3) is 11.1 Å². The van der Waals surface area contributed by atoms with Gasteiger partial charge in [0.2, 0.25) is 0 Å². The van der Waals surface area contributed by atoms with Gasteiger partial charge in [-0.3, -0.25) is 20.4 Å². The SMILES string of the molecule is O=c1[nH]ncc(N/N=C(/C=C\c2ccc(C/C(=N\Nc3cn[nH]c(=O)c3Cl)c3ccccc3)cc2)c2ccccc2)c1Cl. The average Bonchev–Trinajstić information content (AvgIpc) is 3.04. The summed E-state index contributed by atoms with van der Waals surface area (Å²) >= 11 is 12.2. The summed E-state index contributed by atoms with van der Waals surface area (Å²) in [6, 6.07) is 27.3. The molecule has 2 heterocycles. The van der Waals surface area contributed by atoms with E-state index in [0.29, 0.717) is 23.5 Å². The molecule has 5 aromatic rings. The highest BCUT2D eigenvalue weighted by atomic mass is 35.5. The predicted molar refractivity (Wildman–Crippen MR) is 172 cm³/mol. The molecule has 2 aromatic heterocycles. The molecule has 0 aliphatic rings. The second-order valence-corrected chi connectivity index (χ2v) is 9.87. The fourth-order valence-electron chi connectivity index (χ4n) is 3.93. The summed E-state index contributed by atoms with van der Waals surface area (Å²) < 4.78 is 0. The quantitative estimate of drug-likeness (QED) is 0.117. The highest BCUT2D eigenvalue weighted by molar-refractivity contribution is 6.33. The van der Waals surface area contributed by atoms with Crippen LogP contribution in [0.25, 0.3) is 6.08 Å². The molecule has 0 amide bonds. The maximum atomic E-state index is 11.8. The lowest BCUT2D eigenvalue weighted by Gasteiger charge is -2.09. The minimum absolute atomic E-state index is 0.0203. The lowest BCUT2D eigenvalue weighted by Crippen LogP contribution is -2.12. The summed E-state index contributed by atoms with van der Waals surface area (Å²) in [5, 5.41) is 21.1. The van der Waals surface area contributed by atoms with Gasteiger partial charge in [0.05, 0.1) is 23.8 Å². The van der Waals surface area contributed by atoms with Crippen molar-refractivity contribution >= 4 is 52.1 Å². The van der Waals surface area contributed by atoms with Crippen LogP contribution >= 0.6 is 23.2 Å². The number of anilines is 2. The van der Waals surface area contributed by atoms with Crippen molar-refractivity contribution in [1.29, 1.82) is 0 Å². The minimum atomic E-state index is -0.508. The zero-order valence-corrected chi connectivity index (χ0v) is 24.0. The van der Waals surface area contributed by atoms with Gasteiger partial charge in [-0.2, -0.15) is 20.4 Å². The molecule has 0 radical (unpaired) electrons. The Labute approximate surface area is 255 Å². The molecule has 0 bridgehead atoms. The topological polar surface area (TPSA) is 140 Å². The number of H-pyrrole nitrogens is 2. The van der Waals surface area contributed by atoms with Gasteiger partial charge in [0.1, 0.15) is 21.4 Å². The number of aromatic nitrogens is 4. The lowest BCUT2D eigenvalue weighted by molar-refractivity contribution is 0.986. The van der Waals surface area contributed by atoms with E-state index in [1.807, 2.05) is 97.1 Å². The van der Waals surface area contributed by atoms with Crippen molar-refractivity contribution in [3.63, 3.8) is 0 Å². The number of allylic oxidation sites excluding steroid dienone is 1. The Morgan fingerprint density at radius 2 is 1.26 bits per heavy atom. The van der Waals surface area contributed by atoms with Gasteiger partial charge in [-0.05, 0) is 22.8 Å². The molecule has 0 aliphatic carbocycles. The summed E-state index contributed by atoms with van der Waals surface area (Å²) in [5.41, 5.74) is 10.4. The summed E-state index contributed by atoms with van der Waals surface area (Å²) in [6.45, 7) is 0. The fraction of sp³-hybridized carbons (Fsp3) is 0.0323. The van der Waals surface area contributed by atoms with Gasteiger partial charge in [-0.15, -0.1) is 0 Å². The number of rotatable bonds is 10. The summed E-state index contributed by atoms with van der Waals surface area (Å²) in [7, 11) is 0. The second kappa shape index (κ2) is 14.0. The van der Waals surface area contributed by atoms with Gasteiger partial charge < -0.3 is 0 Å². The lowest BCUT2D eigenvalue weighted by atomic mass is 10.0. The molecule has 3 aromatic carbocycles. The molecule has 214 valence electrons. The first-order valence-corrected chi connectivity index (χ1v) is 13.7. The smallest absolute Gasteiger partial charge is 0.275 e. The number of nitrogens with one attached hydrogen (secondary N) is 4. The average molecular weight is 611 g/mol. The number of hydrogen-bond donors (Lipinski definition) is 4. The van der Waals surface area contributed by atoms with E-state index in [1.54, 1.807) is 0 Å². The number of benzene rings is 3. The summed E-state index contributed by atoms with van der Waals surface area (Å²) in [5.74, 6) is 0. The van der Waals surface area contributed by atoms with Gasteiger partial charge in [0, 0.05) is 12.0 Å². The Bertz CT molecular complexity index is 1900. The van der Waals surface area contributed by atoms with E-state index in [2.05, 4.69) is 41.4 Å². The van der Waals surface area contributed by atoms with Crippen LogP contribution in [0.3, 0.4) is 0 Å². The third-order valence-corrected chi connectivity index (χ3v) is 6.91. The van der Waals surface area contributed by atoms with Crippen LogP contribution in [0.4, 0.5) is 11.4 Å². The standard InChI is InChI=1S/C31H24Cl2N8O2/c32-28-26(18-34-40-30(28)42)38-36-24(22-7-3-1-4-8-22)16-15-20-11-13-21(14-12-20)17-25(23-9-5-2-6-10-23)37-39-27-19-35-41-31(43)29(27)33/h1-16,18-19H,17H2,(H2,38,40,42)(H2,39,41,43)/b16-15-,36-24-,37-25+. The molecule has 0 unspecified atom stereocenters. The van der Waals surface area contributed by atoms with Gasteiger partial charge in [0.15, 0.2) is 0 Å². The van der Waals surface area contributed by atoms with Crippen LogP contribution in [0.5, 0.6) is 0 Å². The molecule has 0 fully saturated rings. The normalized spacial score (nSPS) is 12.0. The fourth-order valence-corrected chi connectivity index (χ4v) is 4.20. The molecular weight excluding hydrogens is 587 g/mol. The first kappa shape index (κ1) is 29.2. The molecule has 0 saturated carbocycles. The van der Waals surface area contributed by atoms with Crippen molar-refractivity contribution in [2.75, 3.05) is 10.9 Å². The Morgan fingerprint density at radius 3 is 1.84 bits per heavy atom. The maximum Gasteiger partial charge on any atom is 0.285 e. The highest BCUT2D eigenvalue weighted by Gasteiger charge is 2.09. The number of halogens is 2. The van der Waals surface area contributed by atoms with Gasteiger partial charge in [-0.25, -0.2) is 10.2 Å². The molecule has 0 aliphatic heterocycles. The third kappa shape index (κ3) is 7.70. The monoisotopic (exact) mass is 610 g/mol. The van der Waals surface area contributed by atoms with Crippen LogP contribution in [-0.4, -0.2) is 31.8 Å². The van der Waals surface area contributed by atoms with E-state index in [1.165, 1.54) is 12.4 Å². The van der Waals surface area contributed by atoms with Gasteiger partial charge in [-0.1, -0.05) is 114 Å². The molecule has 5 rings (SSSR count). The van der Waals surface area contributed by atoms with E-state index in [4.69, 9.17) is 23.2 Å². The number of nitrogens with zero attached hydrogens (tertiary/aromatic N) is 4. The molecule has 4 N–H and O–H groups in total. The van der Waals surface area contributed by atoms with Crippen molar-refractivity contribution in [3.8, 4) is 0 Å². The van der Waals surface area contributed by atoms with E-state index >= 15 is 0 Å². The third-order valence-electron chi connectivity index (χ3n) is 6.16. The van der Waals surface area contributed by atoms with Crippen LogP contribution in [0, 0.1) is 0 Å². The molecule has 0 saturated heterocycles. The van der Waals surface area contributed by atoms with Crippen molar-refractivity contribution in [2.24, 2.45) is 10.2 Å². The molecule has 0 atom stereocenters. The van der Waals surface area contributed by atoms with Crippen molar-refractivity contribution in [3.05, 3.63) is 156 Å². The number of aromatic amines is 2. The van der Waals surface area contributed by atoms with Crippen molar-refractivity contribution in [2.45, 2.75) is 6.42 Å². The van der Waals surface area contributed by atoms with Crippen LogP contribution in [0.15, 0.2) is 123 Å². The zero-order chi connectivity index (χ0) is 30.0. The van der Waals surface area contributed by atoms with Gasteiger partial charge >= 0.3 is 0 Å². The molecule has 43 heavy (non-hydrogen) atoms. The first-order valence-electron chi connectivity index (χ1n) is 13.0. The van der Waals surface area contributed by atoms with Crippen molar-refractivity contribution in [1.82, 2.24) is 20.4 Å². The van der Waals surface area contributed by atoms with Crippen LogP contribution in [0.1, 0.15) is 22.3 Å². The maximum absolute atomic E-state index is 11.8. The molecule has 12 heteroatoms. The molecule has 0 spiro atoms. The van der Waals surface area contributed by atoms with E-state index in [9.17, 15) is 9.59 Å². The largest absolute Gasteiger partial charge is 0.285 e. The Kier molecular flexibility index (Phi) is 9.53. The summed E-state index contributed by atoms with van der Waals surface area (Å²) in [4.78, 5) is 23.6. The van der Waals surface area contributed by atoms with E-state index < -0.39 is 11.1 Å². The Morgan fingerprint density at radius 1 is 0.721 bits per heavy atom. The minimum Gasteiger partial charge on any atom is -0.275 e. The van der Waals surface area contributed by atoms with Crippen LogP contribution in [0.2, 0.25) is 10.0 Å². The molecular formula is C31H24Cl2N8O2. The molecule has 10 nitrogen and oxygen atoms in total. The Hall–Kier alpha value is -5.32. The summed E-state index contributed by atoms with van der Waals surface area (Å²) in [6.07, 6.45) is 7.12. The second-order valence-electron chi connectivity index (χ2n) is 9.12. The highest BCUT2D eigenvalue weighted by Crippen LogP contribution is 2.18.